The summed E-state index contributed by atoms with van der Waals surface area (Å²) in [5.41, 5.74) is 1.91. The van der Waals surface area contributed by atoms with Crippen LogP contribution in [-0.4, -0.2) is 33.2 Å². The second-order valence-corrected chi connectivity index (χ2v) is 7.41. The van der Waals surface area contributed by atoms with Crippen LogP contribution in [-0.2, 0) is 6.54 Å². The zero-order valence-corrected chi connectivity index (χ0v) is 16.1. The molecule has 1 aromatic carbocycles. The minimum absolute atomic E-state index is 0.0764. The summed E-state index contributed by atoms with van der Waals surface area (Å²) in [6.07, 6.45) is 6.53. The Balaban J connectivity index is 1.64. The Hall–Kier alpha value is -2.14. The van der Waals surface area contributed by atoms with Crippen molar-refractivity contribution in [3.8, 4) is 0 Å². The van der Waals surface area contributed by atoms with E-state index >= 15 is 0 Å². The van der Waals surface area contributed by atoms with Gasteiger partial charge < -0.3 is 5.32 Å². The Morgan fingerprint density at radius 2 is 1.92 bits per heavy atom. The first kappa shape index (κ1) is 18.6. The van der Waals surface area contributed by atoms with E-state index < -0.39 is 0 Å². The second kappa shape index (κ2) is 8.49. The van der Waals surface area contributed by atoms with Gasteiger partial charge in [-0.3, -0.25) is 9.69 Å². The minimum atomic E-state index is -0.0764. The summed E-state index contributed by atoms with van der Waals surface area (Å²) < 4.78 is 1.97. The molecule has 0 unspecified atom stereocenters. The van der Waals surface area contributed by atoms with Crippen molar-refractivity contribution >= 4 is 11.7 Å². The Labute approximate surface area is 156 Å². The van der Waals surface area contributed by atoms with Crippen molar-refractivity contribution in [1.29, 1.82) is 0 Å². The van der Waals surface area contributed by atoms with Crippen LogP contribution in [0.25, 0.3) is 0 Å². The van der Waals surface area contributed by atoms with Gasteiger partial charge in [0.05, 0.1) is 12.2 Å². The van der Waals surface area contributed by atoms with Gasteiger partial charge in [0.15, 0.2) is 0 Å². The van der Waals surface area contributed by atoms with Crippen molar-refractivity contribution in [3.05, 3.63) is 47.7 Å². The molecule has 3 rings (SSSR count). The third kappa shape index (κ3) is 4.33. The SMILES string of the molecule is CCN(Cc1ccc(C(=O)Nc2ccnn2C2CCCC2)cc1)C(C)C. The molecule has 0 atom stereocenters. The summed E-state index contributed by atoms with van der Waals surface area (Å²) in [5.74, 6) is 0.718. The van der Waals surface area contributed by atoms with Crippen LogP contribution < -0.4 is 5.32 Å². The lowest BCUT2D eigenvalue weighted by atomic mass is 10.1. The Morgan fingerprint density at radius 3 is 2.54 bits per heavy atom. The fourth-order valence-electron chi connectivity index (χ4n) is 3.70. The third-order valence-electron chi connectivity index (χ3n) is 5.32. The highest BCUT2D eigenvalue weighted by Crippen LogP contribution is 2.31. The van der Waals surface area contributed by atoms with E-state index in [1.54, 1.807) is 6.20 Å². The molecule has 0 aliphatic heterocycles. The molecular formula is C21H30N4O. The van der Waals surface area contributed by atoms with Crippen molar-refractivity contribution < 1.29 is 4.79 Å². The Morgan fingerprint density at radius 1 is 1.23 bits per heavy atom. The van der Waals surface area contributed by atoms with Gasteiger partial charge in [-0.25, -0.2) is 4.68 Å². The number of anilines is 1. The van der Waals surface area contributed by atoms with Gasteiger partial charge in [-0.15, -0.1) is 0 Å². The maximum Gasteiger partial charge on any atom is 0.256 e. The van der Waals surface area contributed by atoms with Crippen molar-refractivity contribution in [2.75, 3.05) is 11.9 Å². The van der Waals surface area contributed by atoms with Crippen LogP contribution in [0.5, 0.6) is 0 Å². The number of aromatic nitrogens is 2. The van der Waals surface area contributed by atoms with Gasteiger partial charge >= 0.3 is 0 Å². The standard InChI is InChI=1S/C21H30N4O/c1-4-24(16(2)3)15-17-9-11-18(12-10-17)21(26)23-20-13-14-22-25(20)19-7-5-6-8-19/h9-14,16,19H,4-8,15H2,1-3H3,(H,23,26). The predicted molar refractivity (Wildman–Crippen MR) is 105 cm³/mol. The molecule has 1 heterocycles. The van der Waals surface area contributed by atoms with E-state index in [-0.39, 0.29) is 5.91 Å². The molecular weight excluding hydrogens is 324 g/mol. The number of benzene rings is 1. The van der Waals surface area contributed by atoms with Gasteiger partial charge in [-0.1, -0.05) is 31.9 Å². The molecule has 0 spiro atoms. The number of hydrogen-bond acceptors (Lipinski definition) is 3. The van der Waals surface area contributed by atoms with Crippen LogP contribution in [0.15, 0.2) is 36.5 Å². The monoisotopic (exact) mass is 354 g/mol. The zero-order valence-electron chi connectivity index (χ0n) is 16.1. The molecule has 1 saturated carbocycles. The number of nitrogens with zero attached hydrogens (tertiary/aromatic N) is 3. The van der Waals surface area contributed by atoms with Gasteiger partial charge in [-0.2, -0.15) is 5.10 Å². The van der Waals surface area contributed by atoms with Gasteiger partial charge in [0.2, 0.25) is 0 Å². The summed E-state index contributed by atoms with van der Waals surface area (Å²) in [7, 11) is 0. The average Bonchev–Trinajstić information content (AvgIpc) is 3.31. The zero-order chi connectivity index (χ0) is 18.5. The van der Waals surface area contributed by atoms with Crippen LogP contribution in [0.4, 0.5) is 5.82 Å². The molecule has 0 bridgehead atoms. The van der Waals surface area contributed by atoms with Gasteiger partial charge in [0.25, 0.3) is 5.91 Å². The Kier molecular flexibility index (Phi) is 6.09. The number of carbonyl (C=O) groups is 1. The molecule has 1 amide bonds. The van der Waals surface area contributed by atoms with Crippen molar-refractivity contribution in [2.45, 2.75) is 65.1 Å². The highest BCUT2D eigenvalue weighted by molar-refractivity contribution is 6.03. The smallest absolute Gasteiger partial charge is 0.256 e. The van der Waals surface area contributed by atoms with Crippen LogP contribution in [0, 0.1) is 0 Å². The second-order valence-electron chi connectivity index (χ2n) is 7.41. The predicted octanol–water partition coefficient (Wildman–Crippen LogP) is 4.48. The largest absolute Gasteiger partial charge is 0.307 e. The first-order valence-corrected chi connectivity index (χ1v) is 9.76. The maximum atomic E-state index is 12.6. The first-order valence-electron chi connectivity index (χ1n) is 9.76. The molecule has 2 aromatic rings. The molecule has 1 N–H and O–H groups in total. The third-order valence-corrected chi connectivity index (χ3v) is 5.32. The van der Waals surface area contributed by atoms with Crippen LogP contribution >= 0.6 is 0 Å². The van der Waals surface area contributed by atoms with Gasteiger partial charge in [0, 0.05) is 24.2 Å². The first-order chi connectivity index (χ1) is 12.6. The number of hydrogen-bond donors (Lipinski definition) is 1. The van der Waals surface area contributed by atoms with E-state index in [1.807, 2.05) is 35.0 Å². The molecule has 1 aromatic heterocycles. The fraction of sp³-hybridized carbons (Fsp3) is 0.524. The molecule has 0 saturated heterocycles. The van der Waals surface area contributed by atoms with E-state index in [0.717, 1.165) is 31.7 Å². The molecule has 26 heavy (non-hydrogen) atoms. The van der Waals surface area contributed by atoms with Crippen LogP contribution in [0.1, 0.15) is 68.4 Å². The quantitative estimate of drug-likeness (QED) is 0.797. The van der Waals surface area contributed by atoms with E-state index in [2.05, 4.69) is 36.1 Å². The molecule has 1 aliphatic carbocycles. The molecule has 1 fully saturated rings. The summed E-state index contributed by atoms with van der Waals surface area (Å²) >= 11 is 0. The molecule has 0 radical (unpaired) electrons. The topological polar surface area (TPSA) is 50.2 Å². The highest BCUT2D eigenvalue weighted by Gasteiger charge is 2.20. The summed E-state index contributed by atoms with van der Waals surface area (Å²) in [6, 6.07) is 10.7. The highest BCUT2D eigenvalue weighted by atomic mass is 16.1. The molecule has 1 aliphatic rings. The lowest BCUT2D eigenvalue weighted by Gasteiger charge is -2.24. The van der Waals surface area contributed by atoms with E-state index in [9.17, 15) is 4.79 Å². The molecule has 140 valence electrons. The van der Waals surface area contributed by atoms with Crippen LogP contribution in [0.2, 0.25) is 0 Å². The van der Waals surface area contributed by atoms with Gasteiger partial charge in [0.1, 0.15) is 5.82 Å². The average molecular weight is 354 g/mol. The fourth-order valence-corrected chi connectivity index (χ4v) is 3.70. The number of rotatable bonds is 7. The maximum absolute atomic E-state index is 12.6. The van der Waals surface area contributed by atoms with Crippen LogP contribution in [0.3, 0.4) is 0 Å². The lowest BCUT2D eigenvalue weighted by molar-refractivity contribution is 0.102. The number of amides is 1. The number of nitrogens with one attached hydrogen (secondary N) is 1. The molecule has 5 nitrogen and oxygen atoms in total. The summed E-state index contributed by atoms with van der Waals surface area (Å²) in [4.78, 5) is 15.0. The normalized spacial score (nSPS) is 15.1. The minimum Gasteiger partial charge on any atom is -0.307 e. The lowest BCUT2D eigenvalue weighted by Crippen LogP contribution is -2.29. The summed E-state index contributed by atoms with van der Waals surface area (Å²) in [6.45, 7) is 8.52. The van der Waals surface area contributed by atoms with E-state index in [0.29, 0.717) is 17.6 Å². The van der Waals surface area contributed by atoms with E-state index in [1.165, 1.54) is 18.4 Å². The summed E-state index contributed by atoms with van der Waals surface area (Å²) in [5, 5.41) is 7.44. The Bertz CT molecular complexity index is 714. The number of carbonyl (C=O) groups excluding carboxylic acids is 1. The van der Waals surface area contributed by atoms with Crippen molar-refractivity contribution in [1.82, 2.24) is 14.7 Å². The van der Waals surface area contributed by atoms with Crippen molar-refractivity contribution in [2.24, 2.45) is 0 Å². The van der Waals surface area contributed by atoms with Crippen molar-refractivity contribution in [3.63, 3.8) is 0 Å². The van der Waals surface area contributed by atoms with Gasteiger partial charge in [-0.05, 0) is 50.9 Å². The van der Waals surface area contributed by atoms with E-state index in [4.69, 9.17) is 0 Å². The molecule has 5 heteroatoms.